The van der Waals surface area contributed by atoms with Crippen LogP contribution in [-0.2, 0) is 7.05 Å². The van der Waals surface area contributed by atoms with E-state index in [-0.39, 0.29) is 5.82 Å². The van der Waals surface area contributed by atoms with Crippen molar-refractivity contribution in [3.05, 3.63) is 60.3 Å². The van der Waals surface area contributed by atoms with E-state index in [1.807, 2.05) is 23.7 Å². The van der Waals surface area contributed by atoms with Gasteiger partial charge in [-0.15, -0.1) is 0 Å². The van der Waals surface area contributed by atoms with Gasteiger partial charge in [-0.3, -0.25) is 4.90 Å². The average Bonchev–Trinajstić information content (AvgIpc) is 3.53. The van der Waals surface area contributed by atoms with Crippen molar-refractivity contribution in [2.75, 3.05) is 44.3 Å². The third-order valence-corrected chi connectivity index (χ3v) is 9.37. The number of imidazole rings is 1. The number of nitrogens with one attached hydrogen (secondary N) is 1. The number of nitrogens with two attached hydrogens (primary N) is 1. The molecule has 218 valence electrons. The smallest absolute Gasteiger partial charge is 0.208 e. The van der Waals surface area contributed by atoms with E-state index in [1.54, 1.807) is 19.3 Å². The number of nitrogen functional groups attached to an aromatic ring is 1. The number of aryl methyl sites for hydroxylation is 2. The van der Waals surface area contributed by atoms with E-state index in [0.29, 0.717) is 29.4 Å². The van der Waals surface area contributed by atoms with E-state index in [9.17, 15) is 4.39 Å². The molecule has 0 amide bonds. The van der Waals surface area contributed by atoms with Crippen LogP contribution in [0.4, 0.5) is 21.8 Å². The molecular weight excluding hydrogens is 529 g/mol. The molecule has 2 fully saturated rings. The number of piperazine rings is 1. The van der Waals surface area contributed by atoms with Gasteiger partial charge in [0.05, 0.1) is 16.4 Å². The second-order valence-corrected chi connectivity index (χ2v) is 12.0. The van der Waals surface area contributed by atoms with Crippen LogP contribution < -0.4 is 11.1 Å². The normalized spacial score (nSPS) is 20.5. The fourth-order valence-electron chi connectivity index (χ4n) is 6.79. The Bertz CT molecular complexity index is 1740. The monoisotopic (exact) mass is 567 g/mol. The van der Waals surface area contributed by atoms with Crippen molar-refractivity contribution in [1.82, 2.24) is 33.9 Å². The summed E-state index contributed by atoms with van der Waals surface area (Å²) in [5, 5.41) is 4.30. The Morgan fingerprint density at radius 1 is 0.929 bits per heavy atom. The first-order chi connectivity index (χ1) is 20.4. The molecule has 10 heteroatoms. The molecule has 9 nitrogen and oxygen atoms in total. The van der Waals surface area contributed by atoms with Gasteiger partial charge in [-0.25, -0.2) is 19.3 Å². The fraction of sp³-hybridized carbons (Fsp3) is 0.406. The first-order valence-corrected chi connectivity index (χ1v) is 14.9. The molecular formula is C32H38FN9. The third-order valence-electron chi connectivity index (χ3n) is 9.37. The summed E-state index contributed by atoms with van der Waals surface area (Å²) in [6, 6.07) is 12.6. The van der Waals surface area contributed by atoms with Crippen LogP contribution in [0.1, 0.15) is 37.3 Å². The van der Waals surface area contributed by atoms with E-state index in [4.69, 9.17) is 10.7 Å². The predicted octanol–water partition coefficient (Wildman–Crippen LogP) is 5.49. The Morgan fingerprint density at radius 3 is 2.38 bits per heavy atom. The summed E-state index contributed by atoms with van der Waals surface area (Å²) in [4.78, 5) is 18.8. The van der Waals surface area contributed by atoms with Crippen LogP contribution >= 0.6 is 0 Å². The van der Waals surface area contributed by atoms with Crippen LogP contribution in [-0.4, -0.2) is 73.2 Å². The summed E-state index contributed by atoms with van der Waals surface area (Å²) in [6.07, 6.45) is 8.48. The maximum absolute atomic E-state index is 14.2. The summed E-state index contributed by atoms with van der Waals surface area (Å²) in [7, 11) is 4.10. The lowest BCUT2D eigenvalue weighted by Crippen LogP contribution is -2.49. The molecule has 1 saturated carbocycles. The Hall–Kier alpha value is -4.02. The highest BCUT2D eigenvalue weighted by Crippen LogP contribution is 2.39. The number of likely N-dealkylation sites (N-methyl/N-ethyl adjacent to an activating group) is 1. The molecule has 2 aliphatic rings. The van der Waals surface area contributed by atoms with Gasteiger partial charge in [-0.05, 0) is 69.0 Å². The summed E-state index contributed by atoms with van der Waals surface area (Å²) < 4.78 is 18.4. The van der Waals surface area contributed by atoms with E-state index in [2.05, 4.69) is 55.0 Å². The highest BCUT2D eigenvalue weighted by molar-refractivity contribution is 6.00. The van der Waals surface area contributed by atoms with Crippen molar-refractivity contribution < 1.29 is 4.39 Å². The third kappa shape index (κ3) is 4.78. The second kappa shape index (κ2) is 10.7. The predicted molar refractivity (Wildman–Crippen MR) is 166 cm³/mol. The molecule has 0 unspecified atom stereocenters. The minimum Gasteiger partial charge on any atom is -0.383 e. The van der Waals surface area contributed by atoms with E-state index in [0.717, 1.165) is 64.8 Å². The maximum Gasteiger partial charge on any atom is 0.208 e. The molecule has 5 aromatic rings. The highest BCUT2D eigenvalue weighted by Gasteiger charge is 2.30. The Labute approximate surface area is 245 Å². The quantitative estimate of drug-likeness (QED) is 0.290. The molecule has 1 aliphatic carbocycles. The average molecular weight is 568 g/mol. The number of rotatable bonds is 5. The van der Waals surface area contributed by atoms with Crippen LogP contribution in [0.3, 0.4) is 0 Å². The SMILES string of the molecule is Cc1cc2nc(Nc3ccc(-c4cn([C@H]5CC[C@H](N6CCN(C)CC6)CC5)c5ncnc(N)c45)cc3)n(C)c2cc1F. The molecule has 42 heavy (non-hydrogen) atoms. The number of hydrogen-bond donors (Lipinski definition) is 2. The van der Waals surface area contributed by atoms with Crippen LogP contribution in [0.5, 0.6) is 0 Å². The van der Waals surface area contributed by atoms with Crippen molar-refractivity contribution in [3.63, 3.8) is 0 Å². The van der Waals surface area contributed by atoms with Gasteiger partial charge in [-0.1, -0.05) is 12.1 Å². The van der Waals surface area contributed by atoms with Gasteiger partial charge < -0.3 is 25.1 Å². The molecule has 0 bridgehead atoms. The molecule has 1 saturated heterocycles. The Kier molecular flexibility index (Phi) is 6.82. The largest absolute Gasteiger partial charge is 0.383 e. The van der Waals surface area contributed by atoms with Crippen LogP contribution in [0.25, 0.3) is 33.2 Å². The molecule has 3 N–H and O–H groups in total. The lowest BCUT2D eigenvalue weighted by atomic mass is 9.89. The number of aromatic nitrogens is 5. The van der Waals surface area contributed by atoms with Gasteiger partial charge in [0.15, 0.2) is 0 Å². The first kappa shape index (κ1) is 26.9. The molecule has 2 aromatic carbocycles. The lowest BCUT2D eigenvalue weighted by molar-refractivity contribution is 0.0828. The summed E-state index contributed by atoms with van der Waals surface area (Å²) in [5.74, 6) is 0.931. The highest BCUT2D eigenvalue weighted by atomic mass is 19.1. The van der Waals surface area contributed by atoms with Gasteiger partial charge in [0.2, 0.25) is 5.95 Å². The molecule has 0 atom stereocenters. The molecule has 3 aromatic heterocycles. The van der Waals surface area contributed by atoms with Gasteiger partial charge in [0.25, 0.3) is 0 Å². The van der Waals surface area contributed by atoms with Crippen molar-refractivity contribution in [1.29, 1.82) is 0 Å². The Balaban J connectivity index is 1.13. The Morgan fingerprint density at radius 2 is 1.64 bits per heavy atom. The molecule has 1 aliphatic heterocycles. The number of anilines is 3. The van der Waals surface area contributed by atoms with Crippen molar-refractivity contribution in [2.24, 2.45) is 7.05 Å². The van der Waals surface area contributed by atoms with Gasteiger partial charge in [-0.2, -0.15) is 0 Å². The second-order valence-electron chi connectivity index (χ2n) is 12.0. The lowest BCUT2D eigenvalue weighted by Gasteiger charge is -2.41. The number of nitrogens with zero attached hydrogens (tertiary/aromatic N) is 7. The number of halogens is 1. The minimum absolute atomic E-state index is 0.230. The number of fused-ring (bicyclic) bond motifs is 2. The zero-order valence-electron chi connectivity index (χ0n) is 24.5. The first-order valence-electron chi connectivity index (χ1n) is 14.9. The van der Waals surface area contributed by atoms with Crippen molar-refractivity contribution >= 4 is 39.5 Å². The summed E-state index contributed by atoms with van der Waals surface area (Å²) in [5.41, 5.74) is 12.4. The zero-order valence-corrected chi connectivity index (χ0v) is 24.5. The molecule has 4 heterocycles. The molecule has 0 radical (unpaired) electrons. The minimum atomic E-state index is -0.230. The standard InChI is InChI=1S/C32H38FN9/c1-20-16-27-28(17-26(20)33)40(3)32(38-27)37-22-6-4-21(5-7-22)25-18-42(31-29(25)30(34)35-19-36-31)24-10-8-23(9-11-24)41-14-12-39(2)13-15-41/h4-7,16-19,23-24H,8-15H2,1-3H3,(H,37,38)(H2,34,35,36)/t23-,24-. The van der Waals surface area contributed by atoms with Crippen LogP contribution in [0.2, 0.25) is 0 Å². The van der Waals surface area contributed by atoms with Gasteiger partial charge in [0.1, 0.15) is 23.6 Å². The number of hydrogen-bond acceptors (Lipinski definition) is 7. The van der Waals surface area contributed by atoms with Gasteiger partial charge >= 0.3 is 0 Å². The molecule has 7 rings (SSSR count). The van der Waals surface area contributed by atoms with Gasteiger partial charge in [0, 0.05) is 68.8 Å². The van der Waals surface area contributed by atoms with E-state index in [1.165, 1.54) is 32.0 Å². The topological polar surface area (TPSA) is 93.1 Å². The fourth-order valence-corrected chi connectivity index (χ4v) is 6.79. The van der Waals surface area contributed by atoms with E-state index < -0.39 is 0 Å². The van der Waals surface area contributed by atoms with Crippen LogP contribution in [0.15, 0.2) is 48.9 Å². The zero-order chi connectivity index (χ0) is 29.0. The molecule has 0 spiro atoms. The number of benzene rings is 2. The maximum atomic E-state index is 14.2. The summed E-state index contributed by atoms with van der Waals surface area (Å²) in [6.45, 7) is 6.42. The summed E-state index contributed by atoms with van der Waals surface area (Å²) >= 11 is 0. The van der Waals surface area contributed by atoms with Crippen molar-refractivity contribution in [3.8, 4) is 11.1 Å². The van der Waals surface area contributed by atoms with Crippen LogP contribution in [0, 0.1) is 12.7 Å². The van der Waals surface area contributed by atoms with Crippen molar-refractivity contribution in [2.45, 2.75) is 44.7 Å². The van der Waals surface area contributed by atoms with E-state index >= 15 is 0 Å².